The second-order valence-corrected chi connectivity index (χ2v) is 4.31. The van der Waals surface area contributed by atoms with E-state index >= 15 is 0 Å². The van der Waals surface area contributed by atoms with Gasteiger partial charge in [-0.15, -0.1) is 0 Å². The van der Waals surface area contributed by atoms with Crippen molar-refractivity contribution >= 4 is 5.78 Å². The van der Waals surface area contributed by atoms with Gasteiger partial charge in [-0.1, -0.05) is 85.9 Å². The standard InChI is InChI=1S/C20H26O/c1-3-5-7-9-10-11-12-13-15-17-19-20(21)18-16-14-8-6-4-2/h4-16,18H,3,17,19H2,1-2H3. The van der Waals surface area contributed by atoms with Crippen LogP contribution in [0.1, 0.15) is 33.1 Å². The number of allylic oxidation sites excluding steroid dienone is 14. The molecule has 0 bridgehead atoms. The molecule has 112 valence electrons. The van der Waals surface area contributed by atoms with E-state index < -0.39 is 0 Å². The first-order valence-electron chi connectivity index (χ1n) is 7.45. The highest BCUT2D eigenvalue weighted by molar-refractivity contribution is 5.89. The Labute approximate surface area is 129 Å². The van der Waals surface area contributed by atoms with E-state index in [0.717, 1.165) is 12.8 Å². The summed E-state index contributed by atoms with van der Waals surface area (Å²) in [6, 6.07) is 0. The van der Waals surface area contributed by atoms with Crippen molar-refractivity contribution in [3.8, 4) is 0 Å². The van der Waals surface area contributed by atoms with Gasteiger partial charge < -0.3 is 0 Å². The van der Waals surface area contributed by atoms with Gasteiger partial charge in [0.2, 0.25) is 0 Å². The minimum absolute atomic E-state index is 0.151. The van der Waals surface area contributed by atoms with E-state index in [-0.39, 0.29) is 5.78 Å². The Morgan fingerprint density at radius 2 is 1.33 bits per heavy atom. The molecule has 0 fully saturated rings. The van der Waals surface area contributed by atoms with E-state index in [9.17, 15) is 4.79 Å². The van der Waals surface area contributed by atoms with Crippen molar-refractivity contribution in [2.24, 2.45) is 0 Å². The topological polar surface area (TPSA) is 17.1 Å². The molecule has 0 aliphatic rings. The van der Waals surface area contributed by atoms with E-state index in [1.54, 1.807) is 12.2 Å². The maximum Gasteiger partial charge on any atom is 0.155 e. The number of hydrogen-bond donors (Lipinski definition) is 0. The van der Waals surface area contributed by atoms with Crippen LogP contribution in [0, 0.1) is 0 Å². The normalized spacial score (nSPS) is 13.6. The highest BCUT2D eigenvalue weighted by atomic mass is 16.1. The summed E-state index contributed by atoms with van der Waals surface area (Å²) in [7, 11) is 0. The Morgan fingerprint density at radius 3 is 2.00 bits per heavy atom. The molecule has 21 heavy (non-hydrogen) atoms. The van der Waals surface area contributed by atoms with Gasteiger partial charge in [-0.25, -0.2) is 0 Å². The van der Waals surface area contributed by atoms with Gasteiger partial charge in [0.1, 0.15) is 0 Å². The van der Waals surface area contributed by atoms with E-state index in [1.807, 2.05) is 73.8 Å². The van der Waals surface area contributed by atoms with Crippen LogP contribution in [0.4, 0.5) is 0 Å². The van der Waals surface area contributed by atoms with Crippen molar-refractivity contribution in [3.63, 3.8) is 0 Å². The summed E-state index contributed by atoms with van der Waals surface area (Å²) in [4.78, 5) is 11.5. The predicted octanol–water partition coefficient (Wildman–Crippen LogP) is 5.66. The largest absolute Gasteiger partial charge is 0.295 e. The Bertz CT molecular complexity index is 454. The number of hydrogen-bond acceptors (Lipinski definition) is 1. The summed E-state index contributed by atoms with van der Waals surface area (Å²) in [5.74, 6) is 0.151. The highest BCUT2D eigenvalue weighted by Gasteiger charge is 1.91. The fraction of sp³-hybridized carbons (Fsp3) is 0.250. The maximum atomic E-state index is 11.5. The summed E-state index contributed by atoms with van der Waals surface area (Å²) in [6.07, 6.45) is 29.4. The van der Waals surface area contributed by atoms with Gasteiger partial charge in [-0.3, -0.25) is 4.79 Å². The van der Waals surface area contributed by atoms with Crippen LogP contribution in [0.15, 0.2) is 85.1 Å². The van der Waals surface area contributed by atoms with Gasteiger partial charge in [0, 0.05) is 6.42 Å². The van der Waals surface area contributed by atoms with Crippen LogP contribution in [-0.2, 0) is 4.79 Å². The molecular formula is C20H26O. The summed E-state index contributed by atoms with van der Waals surface area (Å²) < 4.78 is 0. The molecule has 0 unspecified atom stereocenters. The zero-order chi connectivity index (χ0) is 15.6. The second-order valence-electron chi connectivity index (χ2n) is 4.31. The average Bonchev–Trinajstić information content (AvgIpc) is 2.49. The lowest BCUT2D eigenvalue weighted by atomic mass is 10.2. The van der Waals surface area contributed by atoms with Crippen LogP contribution in [0.3, 0.4) is 0 Å². The SMILES string of the molecule is CC=CC=CC=CC(=O)CCC=CC=CC=CC=CCC. The Morgan fingerprint density at radius 1 is 0.762 bits per heavy atom. The highest BCUT2D eigenvalue weighted by Crippen LogP contribution is 1.95. The average molecular weight is 282 g/mol. The van der Waals surface area contributed by atoms with Crippen LogP contribution < -0.4 is 0 Å². The van der Waals surface area contributed by atoms with Crippen LogP contribution >= 0.6 is 0 Å². The summed E-state index contributed by atoms with van der Waals surface area (Å²) in [5.41, 5.74) is 0. The van der Waals surface area contributed by atoms with Crippen molar-refractivity contribution in [1.82, 2.24) is 0 Å². The first-order valence-corrected chi connectivity index (χ1v) is 7.45. The van der Waals surface area contributed by atoms with Crippen LogP contribution in [-0.4, -0.2) is 5.78 Å². The van der Waals surface area contributed by atoms with E-state index in [0.29, 0.717) is 6.42 Å². The first kappa shape index (κ1) is 18.9. The van der Waals surface area contributed by atoms with E-state index in [4.69, 9.17) is 0 Å². The number of rotatable bonds is 10. The lowest BCUT2D eigenvalue weighted by molar-refractivity contribution is -0.114. The zero-order valence-corrected chi connectivity index (χ0v) is 13.1. The molecule has 0 saturated heterocycles. The van der Waals surface area contributed by atoms with Gasteiger partial charge in [0.15, 0.2) is 5.78 Å². The molecule has 0 rings (SSSR count). The first-order chi connectivity index (χ1) is 10.3. The minimum Gasteiger partial charge on any atom is -0.295 e. The molecule has 0 saturated carbocycles. The molecule has 1 heteroatoms. The smallest absolute Gasteiger partial charge is 0.155 e. The Balaban J connectivity index is 3.80. The molecule has 0 atom stereocenters. The van der Waals surface area contributed by atoms with Crippen LogP contribution in [0.5, 0.6) is 0 Å². The third kappa shape index (κ3) is 15.8. The lowest BCUT2D eigenvalue weighted by Crippen LogP contribution is -1.89. The fourth-order valence-electron chi connectivity index (χ4n) is 1.36. The van der Waals surface area contributed by atoms with Crippen molar-refractivity contribution in [2.45, 2.75) is 33.1 Å². The van der Waals surface area contributed by atoms with Gasteiger partial charge in [0.25, 0.3) is 0 Å². The molecular weight excluding hydrogens is 256 g/mol. The van der Waals surface area contributed by atoms with Gasteiger partial charge >= 0.3 is 0 Å². The van der Waals surface area contributed by atoms with Crippen LogP contribution in [0.25, 0.3) is 0 Å². The molecule has 0 N–H and O–H groups in total. The van der Waals surface area contributed by atoms with Crippen molar-refractivity contribution in [3.05, 3.63) is 85.1 Å². The minimum atomic E-state index is 0.151. The van der Waals surface area contributed by atoms with Gasteiger partial charge in [0.05, 0.1) is 0 Å². The summed E-state index contributed by atoms with van der Waals surface area (Å²) in [6.45, 7) is 4.07. The molecule has 0 aromatic heterocycles. The number of ketones is 1. The molecule has 0 aromatic carbocycles. The third-order valence-corrected chi connectivity index (χ3v) is 2.43. The number of carbonyl (C=O) groups is 1. The van der Waals surface area contributed by atoms with Crippen LogP contribution in [0.2, 0.25) is 0 Å². The maximum absolute atomic E-state index is 11.5. The summed E-state index contributed by atoms with van der Waals surface area (Å²) in [5, 5.41) is 0. The van der Waals surface area contributed by atoms with Crippen molar-refractivity contribution < 1.29 is 4.79 Å². The quantitative estimate of drug-likeness (QED) is 0.373. The Kier molecular flexibility index (Phi) is 14.3. The Hall–Kier alpha value is -2.15. The molecule has 0 aliphatic heterocycles. The fourth-order valence-corrected chi connectivity index (χ4v) is 1.36. The summed E-state index contributed by atoms with van der Waals surface area (Å²) >= 11 is 0. The molecule has 0 amide bonds. The second kappa shape index (κ2) is 15.9. The molecule has 1 nitrogen and oxygen atoms in total. The molecule has 0 aromatic rings. The monoisotopic (exact) mass is 282 g/mol. The van der Waals surface area contributed by atoms with Gasteiger partial charge in [-0.2, -0.15) is 0 Å². The third-order valence-electron chi connectivity index (χ3n) is 2.43. The molecule has 0 spiro atoms. The van der Waals surface area contributed by atoms with E-state index in [2.05, 4.69) is 13.0 Å². The molecule has 0 radical (unpaired) electrons. The molecule has 0 heterocycles. The predicted molar refractivity (Wildman–Crippen MR) is 94.2 cm³/mol. The lowest BCUT2D eigenvalue weighted by Gasteiger charge is -1.88. The van der Waals surface area contributed by atoms with Crippen molar-refractivity contribution in [1.29, 1.82) is 0 Å². The molecule has 0 aliphatic carbocycles. The zero-order valence-electron chi connectivity index (χ0n) is 13.1. The van der Waals surface area contributed by atoms with E-state index in [1.165, 1.54) is 0 Å². The van der Waals surface area contributed by atoms with Crippen molar-refractivity contribution in [2.75, 3.05) is 0 Å². The number of carbonyl (C=O) groups excluding carboxylic acids is 1. The van der Waals surface area contributed by atoms with Gasteiger partial charge in [-0.05, 0) is 25.8 Å².